The third-order valence-electron chi connectivity index (χ3n) is 4.96. The highest BCUT2D eigenvalue weighted by Crippen LogP contribution is 2.23. The molecule has 10 heteroatoms. The largest absolute Gasteiger partial charge is 0.497 e. The van der Waals surface area contributed by atoms with E-state index in [1.807, 2.05) is 37.3 Å². The minimum absolute atomic E-state index is 0.00949. The topological polar surface area (TPSA) is 131 Å². The smallest absolute Gasteiger partial charge is 0.282 e. The van der Waals surface area contributed by atoms with Gasteiger partial charge in [0.05, 0.1) is 12.0 Å². The van der Waals surface area contributed by atoms with Gasteiger partial charge in [-0.15, -0.1) is 0 Å². The summed E-state index contributed by atoms with van der Waals surface area (Å²) in [6, 6.07) is 22.0. The summed E-state index contributed by atoms with van der Waals surface area (Å²) in [5.41, 5.74) is 2.56. The van der Waals surface area contributed by atoms with E-state index < -0.39 is 10.8 Å². The van der Waals surface area contributed by atoms with E-state index in [-0.39, 0.29) is 11.3 Å². The molecule has 3 aromatic carbocycles. The number of aromatic nitrogens is 2. The van der Waals surface area contributed by atoms with Gasteiger partial charge in [0.1, 0.15) is 17.1 Å². The number of hydrogen-bond donors (Lipinski definition) is 3. The molecule has 0 saturated heterocycles. The lowest BCUT2D eigenvalue weighted by Gasteiger charge is -2.11. The minimum Gasteiger partial charge on any atom is -0.497 e. The average molecular weight is 470 g/mol. The fraction of sp³-hybridized carbons (Fsp3) is 0.0800. The van der Waals surface area contributed by atoms with E-state index in [1.165, 1.54) is 18.2 Å². The second-order valence-corrected chi connectivity index (χ2v) is 7.50. The number of hydrogen-bond acceptors (Lipinski definition) is 8. The standard InChI is InChI=1S/C25H22N6O4/c1-16-15-23(27-17-11-13-20(35-2)14-12-17)30-25(26-16)29-19-9-7-18(8-10-19)28-24(32)21-5-3-4-6-22(21)31(33)34/h3-15H,1-2H3,(H,28,32)(H2,26,27,29,30). The van der Waals surface area contributed by atoms with E-state index in [4.69, 9.17) is 4.74 Å². The first kappa shape index (κ1) is 23.2. The number of ether oxygens (including phenoxy) is 1. The summed E-state index contributed by atoms with van der Waals surface area (Å²) >= 11 is 0. The zero-order chi connectivity index (χ0) is 24.8. The number of nitrogens with zero attached hydrogens (tertiary/aromatic N) is 3. The summed E-state index contributed by atoms with van der Waals surface area (Å²) in [5, 5.41) is 20.2. The Hall–Kier alpha value is -4.99. The van der Waals surface area contributed by atoms with E-state index in [1.54, 1.807) is 37.4 Å². The van der Waals surface area contributed by atoms with Crippen LogP contribution in [0.4, 0.5) is 34.5 Å². The van der Waals surface area contributed by atoms with E-state index in [0.717, 1.165) is 17.1 Å². The lowest BCUT2D eigenvalue weighted by Crippen LogP contribution is -2.13. The quantitative estimate of drug-likeness (QED) is 0.229. The Bertz CT molecular complexity index is 1360. The third kappa shape index (κ3) is 5.88. The highest BCUT2D eigenvalue weighted by atomic mass is 16.6. The van der Waals surface area contributed by atoms with Crippen LogP contribution in [0.25, 0.3) is 0 Å². The summed E-state index contributed by atoms with van der Waals surface area (Å²) in [4.78, 5) is 32.0. The van der Waals surface area contributed by atoms with Crippen molar-refractivity contribution in [3.8, 4) is 5.75 Å². The van der Waals surface area contributed by atoms with Crippen LogP contribution in [0.2, 0.25) is 0 Å². The maximum absolute atomic E-state index is 12.5. The molecule has 0 radical (unpaired) electrons. The number of carbonyl (C=O) groups excluding carboxylic acids is 1. The minimum atomic E-state index is -0.582. The molecular weight excluding hydrogens is 448 g/mol. The van der Waals surface area contributed by atoms with Gasteiger partial charge in [-0.25, -0.2) is 4.98 Å². The van der Waals surface area contributed by atoms with Gasteiger partial charge in [0, 0.05) is 34.9 Å². The van der Waals surface area contributed by atoms with Gasteiger partial charge in [0.25, 0.3) is 11.6 Å². The van der Waals surface area contributed by atoms with E-state index in [0.29, 0.717) is 23.1 Å². The molecule has 0 saturated carbocycles. The first-order valence-electron chi connectivity index (χ1n) is 10.6. The molecule has 0 spiro atoms. The van der Waals surface area contributed by atoms with Gasteiger partial charge in [-0.1, -0.05) is 12.1 Å². The monoisotopic (exact) mass is 470 g/mol. The van der Waals surface area contributed by atoms with Gasteiger partial charge < -0.3 is 20.7 Å². The molecule has 10 nitrogen and oxygen atoms in total. The number of methoxy groups -OCH3 is 1. The van der Waals surface area contributed by atoms with Crippen LogP contribution in [0.1, 0.15) is 16.1 Å². The zero-order valence-electron chi connectivity index (χ0n) is 19.0. The summed E-state index contributed by atoms with van der Waals surface area (Å²) < 4.78 is 5.18. The predicted molar refractivity (Wildman–Crippen MR) is 134 cm³/mol. The van der Waals surface area contributed by atoms with Crippen molar-refractivity contribution in [1.82, 2.24) is 9.97 Å². The summed E-state index contributed by atoms with van der Waals surface area (Å²) in [6.07, 6.45) is 0. The second kappa shape index (κ2) is 10.3. The number of anilines is 5. The molecule has 1 aromatic heterocycles. The molecular formula is C25H22N6O4. The van der Waals surface area contributed by atoms with Crippen LogP contribution < -0.4 is 20.7 Å². The van der Waals surface area contributed by atoms with Crippen molar-refractivity contribution in [2.45, 2.75) is 6.92 Å². The van der Waals surface area contributed by atoms with E-state index in [9.17, 15) is 14.9 Å². The molecule has 0 aliphatic carbocycles. The van der Waals surface area contributed by atoms with Crippen molar-refractivity contribution in [1.29, 1.82) is 0 Å². The van der Waals surface area contributed by atoms with Crippen LogP contribution in [0.5, 0.6) is 5.75 Å². The third-order valence-corrected chi connectivity index (χ3v) is 4.96. The molecule has 3 N–H and O–H groups in total. The highest BCUT2D eigenvalue weighted by molar-refractivity contribution is 6.07. The lowest BCUT2D eigenvalue weighted by molar-refractivity contribution is -0.385. The zero-order valence-corrected chi connectivity index (χ0v) is 19.0. The number of nitro benzene ring substituents is 1. The van der Waals surface area contributed by atoms with E-state index in [2.05, 4.69) is 25.9 Å². The Kier molecular flexibility index (Phi) is 6.82. The number of benzene rings is 3. The van der Waals surface area contributed by atoms with Crippen molar-refractivity contribution in [2.24, 2.45) is 0 Å². The number of para-hydroxylation sites is 1. The fourth-order valence-electron chi connectivity index (χ4n) is 3.30. The molecule has 4 rings (SSSR count). The highest BCUT2D eigenvalue weighted by Gasteiger charge is 2.19. The van der Waals surface area contributed by atoms with Gasteiger partial charge in [0.2, 0.25) is 5.95 Å². The molecule has 1 heterocycles. The number of nitro groups is 1. The molecule has 0 bridgehead atoms. The molecule has 4 aromatic rings. The summed E-state index contributed by atoms with van der Waals surface area (Å²) in [6.45, 7) is 1.87. The van der Waals surface area contributed by atoms with Crippen LogP contribution in [-0.2, 0) is 0 Å². The average Bonchev–Trinajstić information content (AvgIpc) is 2.85. The van der Waals surface area contributed by atoms with Crippen LogP contribution in [0.3, 0.4) is 0 Å². The maximum Gasteiger partial charge on any atom is 0.282 e. The normalized spacial score (nSPS) is 10.3. The number of rotatable bonds is 8. The lowest BCUT2D eigenvalue weighted by atomic mass is 10.1. The molecule has 0 atom stereocenters. The van der Waals surface area contributed by atoms with Crippen molar-refractivity contribution in [2.75, 3.05) is 23.1 Å². The molecule has 0 unspecified atom stereocenters. The van der Waals surface area contributed by atoms with Crippen molar-refractivity contribution in [3.05, 3.63) is 100 Å². The van der Waals surface area contributed by atoms with Gasteiger partial charge in [0.15, 0.2) is 0 Å². The summed E-state index contributed by atoms with van der Waals surface area (Å²) in [5.74, 6) is 1.23. The molecule has 35 heavy (non-hydrogen) atoms. The van der Waals surface area contributed by atoms with Gasteiger partial charge in [-0.3, -0.25) is 14.9 Å². The van der Waals surface area contributed by atoms with Crippen molar-refractivity contribution >= 4 is 40.4 Å². The number of aryl methyl sites for hydroxylation is 1. The first-order chi connectivity index (χ1) is 16.9. The Morgan fingerprint density at radius 2 is 1.51 bits per heavy atom. The maximum atomic E-state index is 12.5. The van der Waals surface area contributed by atoms with Crippen LogP contribution in [-0.4, -0.2) is 27.9 Å². The summed E-state index contributed by atoms with van der Waals surface area (Å²) in [7, 11) is 1.62. The Morgan fingerprint density at radius 1 is 0.886 bits per heavy atom. The van der Waals surface area contributed by atoms with Crippen molar-refractivity contribution in [3.63, 3.8) is 0 Å². The Balaban J connectivity index is 1.44. The van der Waals surface area contributed by atoms with Crippen LogP contribution in [0.15, 0.2) is 78.9 Å². The Labute approximate surface area is 201 Å². The fourth-order valence-corrected chi connectivity index (χ4v) is 3.30. The van der Waals surface area contributed by atoms with Crippen LogP contribution >= 0.6 is 0 Å². The SMILES string of the molecule is COc1ccc(Nc2cc(C)nc(Nc3ccc(NC(=O)c4ccccc4[N+](=O)[O-])cc3)n2)cc1. The van der Waals surface area contributed by atoms with E-state index >= 15 is 0 Å². The first-order valence-corrected chi connectivity index (χ1v) is 10.6. The number of amides is 1. The van der Waals surface area contributed by atoms with Crippen LogP contribution in [0, 0.1) is 17.0 Å². The van der Waals surface area contributed by atoms with Crippen molar-refractivity contribution < 1.29 is 14.5 Å². The molecule has 1 amide bonds. The second-order valence-electron chi connectivity index (χ2n) is 7.50. The Morgan fingerprint density at radius 3 is 2.20 bits per heavy atom. The molecule has 176 valence electrons. The van der Waals surface area contributed by atoms with Gasteiger partial charge >= 0.3 is 0 Å². The number of carbonyl (C=O) groups is 1. The molecule has 0 aliphatic rings. The van der Waals surface area contributed by atoms with Gasteiger partial charge in [-0.2, -0.15) is 4.98 Å². The van der Waals surface area contributed by atoms with Gasteiger partial charge in [-0.05, 0) is 61.5 Å². The molecule has 0 fully saturated rings. The predicted octanol–water partition coefficient (Wildman–Crippen LogP) is 5.44. The number of nitrogens with one attached hydrogen (secondary N) is 3. The molecule has 0 aliphatic heterocycles.